The standard InChI is InChI=1S/C11H13ClN4O/c1-2-7-17-16-11(13)15-14-8-9-5-3-4-6-10(9)12/h2-6,8H,1,7H2,(H3,13,15,16)/b14-8+. The molecule has 0 aliphatic rings. The van der Waals surface area contributed by atoms with Gasteiger partial charge in [0.1, 0.15) is 0 Å². The predicted octanol–water partition coefficient (Wildman–Crippen LogP) is 1.70. The van der Waals surface area contributed by atoms with Crippen LogP contribution in [0.25, 0.3) is 0 Å². The zero-order valence-electron chi connectivity index (χ0n) is 9.14. The van der Waals surface area contributed by atoms with Gasteiger partial charge in [0.05, 0.1) is 12.8 Å². The lowest BCUT2D eigenvalue weighted by Crippen LogP contribution is -2.31. The van der Waals surface area contributed by atoms with Gasteiger partial charge in [-0.05, 0) is 6.07 Å². The van der Waals surface area contributed by atoms with Gasteiger partial charge in [0.25, 0.3) is 0 Å². The highest BCUT2D eigenvalue weighted by atomic mass is 35.5. The van der Waals surface area contributed by atoms with Gasteiger partial charge in [-0.2, -0.15) is 5.10 Å². The zero-order valence-corrected chi connectivity index (χ0v) is 9.89. The van der Waals surface area contributed by atoms with Crippen LogP contribution in [0.4, 0.5) is 0 Å². The predicted molar refractivity (Wildman–Crippen MR) is 70.0 cm³/mol. The molecule has 0 radical (unpaired) electrons. The van der Waals surface area contributed by atoms with Crippen molar-refractivity contribution in [3.05, 3.63) is 47.5 Å². The Labute approximate surface area is 105 Å². The van der Waals surface area contributed by atoms with Crippen LogP contribution in [0.1, 0.15) is 5.56 Å². The van der Waals surface area contributed by atoms with Crippen LogP contribution in [0, 0.1) is 0 Å². The van der Waals surface area contributed by atoms with Crippen molar-refractivity contribution in [2.24, 2.45) is 15.9 Å². The van der Waals surface area contributed by atoms with E-state index in [1.807, 2.05) is 18.2 Å². The molecule has 0 fully saturated rings. The largest absolute Gasteiger partial charge is 0.367 e. The molecule has 0 aliphatic carbocycles. The van der Waals surface area contributed by atoms with Crippen molar-refractivity contribution in [1.29, 1.82) is 0 Å². The molecule has 90 valence electrons. The molecule has 0 atom stereocenters. The van der Waals surface area contributed by atoms with Gasteiger partial charge < -0.3 is 5.73 Å². The van der Waals surface area contributed by atoms with Crippen molar-refractivity contribution in [2.45, 2.75) is 0 Å². The van der Waals surface area contributed by atoms with Crippen LogP contribution in [0.3, 0.4) is 0 Å². The van der Waals surface area contributed by atoms with Crippen molar-refractivity contribution in [3.63, 3.8) is 0 Å². The fourth-order valence-corrected chi connectivity index (χ4v) is 1.11. The summed E-state index contributed by atoms with van der Waals surface area (Å²) in [6.07, 6.45) is 3.08. The van der Waals surface area contributed by atoms with Crippen molar-refractivity contribution < 1.29 is 4.84 Å². The minimum Gasteiger partial charge on any atom is -0.367 e. The van der Waals surface area contributed by atoms with Gasteiger partial charge in [0.15, 0.2) is 0 Å². The van der Waals surface area contributed by atoms with Crippen molar-refractivity contribution in [1.82, 2.24) is 5.48 Å². The molecule has 0 amide bonds. The molecule has 0 bridgehead atoms. The molecule has 5 nitrogen and oxygen atoms in total. The van der Waals surface area contributed by atoms with E-state index in [0.717, 1.165) is 5.56 Å². The average Bonchev–Trinajstić information content (AvgIpc) is 2.32. The quantitative estimate of drug-likeness (QED) is 0.275. The van der Waals surface area contributed by atoms with Gasteiger partial charge in [0.2, 0.25) is 5.96 Å². The van der Waals surface area contributed by atoms with Crippen LogP contribution in [0.5, 0.6) is 0 Å². The Morgan fingerprint density at radius 2 is 2.29 bits per heavy atom. The molecule has 0 saturated carbocycles. The Kier molecular flexibility index (Phi) is 5.77. The summed E-state index contributed by atoms with van der Waals surface area (Å²) in [6, 6.07) is 7.27. The second kappa shape index (κ2) is 7.43. The molecule has 6 heteroatoms. The van der Waals surface area contributed by atoms with E-state index in [2.05, 4.69) is 22.3 Å². The molecule has 3 N–H and O–H groups in total. The number of hydroxylamine groups is 1. The molecule has 1 rings (SSSR count). The lowest BCUT2D eigenvalue weighted by Gasteiger charge is -2.00. The number of nitrogens with zero attached hydrogens (tertiary/aromatic N) is 2. The highest BCUT2D eigenvalue weighted by Crippen LogP contribution is 2.12. The van der Waals surface area contributed by atoms with Gasteiger partial charge >= 0.3 is 0 Å². The number of nitrogens with one attached hydrogen (secondary N) is 1. The molecular weight excluding hydrogens is 240 g/mol. The summed E-state index contributed by atoms with van der Waals surface area (Å²) in [5, 5.41) is 8.03. The summed E-state index contributed by atoms with van der Waals surface area (Å²) in [5.74, 6) is 0.0511. The number of nitrogens with two attached hydrogens (primary N) is 1. The minimum absolute atomic E-state index is 0.0511. The second-order valence-electron chi connectivity index (χ2n) is 2.95. The fourth-order valence-electron chi connectivity index (χ4n) is 0.928. The van der Waals surface area contributed by atoms with E-state index >= 15 is 0 Å². The number of hydrogen-bond acceptors (Lipinski definition) is 3. The summed E-state index contributed by atoms with van der Waals surface area (Å²) in [6.45, 7) is 3.80. The monoisotopic (exact) mass is 252 g/mol. The van der Waals surface area contributed by atoms with Crippen LogP contribution in [0.2, 0.25) is 5.02 Å². The van der Waals surface area contributed by atoms with Gasteiger partial charge in [-0.1, -0.05) is 35.9 Å². The third-order valence-electron chi connectivity index (χ3n) is 1.65. The third kappa shape index (κ3) is 5.14. The summed E-state index contributed by atoms with van der Waals surface area (Å²) < 4.78 is 0. The van der Waals surface area contributed by atoms with Gasteiger partial charge in [-0.3, -0.25) is 4.84 Å². The Balaban J connectivity index is 2.51. The number of halogens is 1. The normalized spacial score (nSPS) is 11.7. The van der Waals surface area contributed by atoms with E-state index in [0.29, 0.717) is 11.6 Å². The summed E-state index contributed by atoms with van der Waals surface area (Å²) in [4.78, 5) is 4.85. The van der Waals surface area contributed by atoms with E-state index in [1.54, 1.807) is 12.1 Å². The first-order chi connectivity index (χ1) is 8.24. The molecule has 0 heterocycles. The van der Waals surface area contributed by atoms with Crippen LogP contribution >= 0.6 is 11.6 Å². The Morgan fingerprint density at radius 3 is 3.00 bits per heavy atom. The highest BCUT2D eigenvalue weighted by Gasteiger charge is 1.93. The smallest absolute Gasteiger partial charge is 0.237 e. The molecular formula is C11H13ClN4O. The molecule has 0 saturated heterocycles. The van der Waals surface area contributed by atoms with E-state index in [-0.39, 0.29) is 5.96 Å². The molecule has 1 aromatic carbocycles. The van der Waals surface area contributed by atoms with Crippen LogP contribution in [-0.4, -0.2) is 18.8 Å². The van der Waals surface area contributed by atoms with Crippen molar-refractivity contribution in [2.75, 3.05) is 6.61 Å². The van der Waals surface area contributed by atoms with Crippen LogP contribution in [0.15, 0.2) is 47.1 Å². The Hall–Kier alpha value is -1.85. The Morgan fingerprint density at radius 1 is 1.53 bits per heavy atom. The molecule has 0 unspecified atom stereocenters. The summed E-state index contributed by atoms with van der Waals surface area (Å²) in [7, 11) is 0. The average molecular weight is 253 g/mol. The SMILES string of the molecule is C=CCONC(N)=N/N=C/c1ccccc1Cl. The van der Waals surface area contributed by atoms with Gasteiger partial charge in [-0.15, -0.1) is 11.7 Å². The second-order valence-corrected chi connectivity index (χ2v) is 3.36. The topological polar surface area (TPSA) is 72.0 Å². The highest BCUT2D eigenvalue weighted by molar-refractivity contribution is 6.33. The first-order valence-electron chi connectivity index (χ1n) is 4.83. The minimum atomic E-state index is 0.0511. The van der Waals surface area contributed by atoms with Gasteiger partial charge in [0, 0.05) is 10.6 Å². The molecule has 17 heavy (non-hydrogen) atoms. The maximum absolute atomic E-state index is 5.92. The maximum Gasteiger partial charge on any atom is 0.237 e. The van der Waals surface area contributed by atoms with Crippen molar-refractivity contribution >= 4 is 23.8 Å². The molecule has 0 aliphatic heterocycles. The summed E-state index contributed by atoms with van der Waals surface area (Å²) in [5.41, 5.74) is 8.61. The molecule has 0 aromatic heterocycles. The summed E-state index contributed by atoms with van der Waals surface area (Å²) >= 11 is 5.92. The number of guanidine groups is 1. The number of hydrogen-bond donors (Lipinski definition) is 2. The van der Waals surface area contributed by atoms with Crippen LogP contribution in [-0.2, 0) is 4.84 Å². The first-order valence-corrected chi connectivity index (χ1v) is 5.21. The zero-order chi connectivity index (χ0) is 12.5. The number of benzene rings is 1. The van der Waals surface area contributed by atoms with E-state index in [1.165, 1.54) is 6.21 Å². The third-order valence-corrected chi connectivity index (χ3v) is 1.99. The Bertz CT molecular complexity index is 431. The van der Waals surface area contributed by atoms with E-state index in [9.17, 15) is 0 Å². The lowest BCUT2D eigenvalue weighted by molar-refractivity contribution is 0.109. The number of rotatable bonds is 5. The molecule has 0 spiro atoms. The maximum atomic E-state index is 5.92. The molecule has 1 aromatic rings. The van der Waals surface area contributed by atoms with Crippen LogP contribution < -0.4 is 11.2 Å². The fraction of sp³-hybridized carbons (Fsp3) is 0.0909. The van der Waals surface area contributed by atoms with E-state index in [4.69, 9.17) is 22.2 Å². The van der Waals surface area contributed by atoms with Gasteiger partial charge in [-0.25, -0.2) is 5.48 Å². The lowest BCUT2D eigenvalue weighted by atomic mass is 10.2. The van der Waals surface area contributed by atoms with E-state index < -0.39 is 0 Å². The van der Waals surface area contributed by atoms with Crippen molar-refractivity contribution in [3.8, 4) is 0 Å². The first kappa shape index (κ1) is 13.2.